The lowest BCUT2D eigenvalue weighted by molar-refractivity contribution is 0.0996. The van der Waals surface area contributed by atoms with Crippen LogP contribution >= 0.6 is 0 Å². The highest BCUT2D eigenvalue weighted by atomic mass is 16.5. The number of carbonyl (C=O) groups excluding carboxylic acids is 1. The zero-order valence-corrected chi connectivity index (χ0v) is 9.81. The van der Waals surface area contributed by atoms with Crippen molar-refractivity contribution < 1.29 is 13.9 Å². The maximum atomic E-state index is 11.9. The van der Waals surface area contributed by atoms with Gasteiger partial charge in [0.15, 0.2) is 5.76 Å². The standard InChI is InChI=1S/C14H13NO3/c16-14(12-7-3-8-17-12)15-11-6-1-4-10-5-2-9-18-13(10)11/h1,3-4,6-8H,2,5,9H2,(H,15,16). The van der Waals surface area contributed by atoms with Crippen molar-refractivity contribution in [2.24, 2.45) is 0 Å². The molecule has 0 unspecified atom stereocenters. The molecule has 0 bridgehead atoms. The fourth-order valence-corrected chi connectivity index (χ4v) is 2.08. The summed E-state index contributed by atoms with van der Waals surface area (Å²) in [5.41, 5.74) is 1.84. The summed E-state index contributed by atoms with van der Waals surface area (Å²) in [5.74, 6) is 0.814. The van der Waals surface area contributed by atoms with E-state index in [-0.39, 0.29) is 5.91 Å². The molecule has 0 spiro atoms. The molecule has 18 heavy (non-hydrogen) atoms. The fraction of sp³-hybridized carbons (Fsp3) is 0.214. The van der Waals surface area contributed by atoms with Gasteiger partial charge in [-0.2, -0.15) is 0 Å². The first-order chi connectivity index (χ1) is 8.84. The Balaban J connectivity index is 1.87. The summed E-state index contributed by atoms with van der Waals surface area (Å²) in [6, 6.07) is 9.10. The van der Waals surface area contributed by atoms with Crippen LogP contribution in [0.3, 0.4) is 0 Å². The Hall–Kier alpha value is -2.23. The average molecular weight is 243 g/mol. The Bertz CT molecular complexity index is 560. The lowest BCUT2D eigenvalue weighted by Crippen LogP contribution is -2.15. The Kier molecular flexibility index (Phi) is 2.76. The zero-order chi connectivity index (χ0) is 12.4. The van der Waals surface area contributed by atoms with Crippen LogP contribution < -0.4 is 10.1 Å². The number of benzene rings is 1. The number of aryl methyl sites for hydroxylation is 1. The predicted octanol–water partition coefficient (Wildman–Crippen LogP) is 2.86. The third-order valence-corrected chi connectivity index (χ3v) is 2.93. The molecule has 0 radical (unpaired) electrons. The molecule has 4 heteroatoms. The van der Waals surface area contributed by atoms with Crippen molar-refractivity contribution >= 4 is 11.6 Å². The van der Waals surface area contributed by atoms with Gasteiger partial charge in [-0.15, -0.1) is 0 Å². The number of carbonyl (C=O) groups is 1. The van der Waals surface area contributed by atoms with Gasteiger partial charge in [0, 0.05) is 0 Å². The van der Waals surface area contributed by atoms with E-state index in [1.165, 1.54) is 6.26 Å². The molecule has 4 nitrogen and oxygen atoms in total. The Labute approximate surface area is 105 Å². The predicted molar refractivity (Wildman–Crippen MR) is 66.9 cm³/mol. The van der Waals surface area contributed by atoms with Gasteiger partial charge in [-0.3, -0.25) is 4.79 Å². The number of nitrogens with one attached hydrogen (secondary N) is 1. The molecular weight excluding hydrogens is 230 g/mol. The van der Waals surface area contributed by atoms with Crippen molar-refractivity contribution in [3.63, 3.8) is 0 Å². The number of furan rings is 1. The molecule has 1 aliphatic heterocycles. The number of amides is 1. The second kappa shape index (κ2) is 4.56. The highest BCUT2D eigenvalue weighted by Gasteiger charge is 2.17. The minimum absolute atomic E-state index is 0.262. The topological polar surface area (TPSA) is 51.5 Å². The first kappa shape index (κ1) is 10.9. The third-order valence-electron chi connectivity index (χ3n) is 2.93. The SMILES string of the molecule is O=C(Nc1cccc2c1OCCC2)c1ccco1. The van der Waals surface area contributed by atoms with Gasteiger partial charge >= 0.3 is 0 Å². The molecule has 1 aliphatic rings. The zero-order valence-electron chi connectivity index (χ0n) is 9.81. The second-order valence-electron chi connectivity index (χ2n) is 4.18. The Morgan fingerprint density at radius 2 is 2.17 bits per heavy atom. The third kappa shape index (κ3) is 1.97. The van der Waals surface area contributed by atoms with Gasteiger partial charge in [-0.1, -0.05) is 12.1 Å². The van der Waals surface area contributed by atoms with Crippen LogP contribution in [-0.2, 0) is 6.42 Å². The molecule has 3 rings (SSSR count). The summed E-state index contributed by atoms with van der Waals surface area (Å²) in [7, 11) is 0. The van der Waals surface area contributed by atoms with E-state index >= 15 is 0 Å². The van der Waals surface area contributed by atoms with Crippen LogP contribution in [0.2, 0.25) is 0 Å². The van der Waals surface area contributed by atoms with Crippen LogP contribution in [0.4, 0.5) is 5.69 Å². The first-order valence-corrected chi connectivity index (χ1v) is 5.94. The van der Waals surface area contributed by atoms with Crippen molar-refractivity contribution in [2.75, 3.05) is 11.9 Å². The number of hydrogen-bond donors (Lipinski definition) is 1. The van der Waals surface area contributed by atoms with Gasteiger partial charge in [0.05, 0.1) is 18.6 Å². The van der Waals surface area contributed by atoms with E-state index in [1.54, 1.807) is 12.1 Å². The molecule has 2 heterocycles. The lowest BCUT2D eigenvalue weighted by Gasteiger charge is -2.20. The Morgan fingerprint density at radius 3 is 3.00 bits per heavy atom. The van der Waals surface area contributed by atoms with E-state index < -0.39 is 0 Å². The molecule has 0 aliphatic carbocycles. The van der Waals surface area contributed by atoms with Crippen LogP contribution in [-0.4, -0.2) is 12.5 Å². The highest BCUT2D eigenvalue weighted by Crippen LogP contribution is 2.33. The average Bonchev–Trinajstić information content (AvgIpc) is 2.93. The van der Waals surface area contributed by atoms with Crippen molar-refractivity contribution in [1.29, 1.82) is 0 Å². The normalized spacial score (nSPS) is 13.6. The van der Waals surface area contributed by atoms with Crippen LogP contribution in [0, 0.1) is 0 Å². The van der Waals surface area contributed by atoms with E-state index in [9.17, 15) is 4.79 Å². The Morgan fingerprint density at radius 1 is 1.22 bits per heavy atom. The molecule has 1 aromatic heterocycles. The quantitative estimate of drug-likeness (QED) is 0.882. The van der Waals surface area contributed by atoms with Crippen molar-refractivity contribution in [3.05, 3.63) is 47.9 Å². The summed E-state index contributed by atoms with van der Waals surface area (Å²) < 4.78 is 10.7. The maximum absolute atomic E-state index is 11.9. The highest BCUT2D eigenvalue weighted by molar-refractivity contribution is 6.03. The second-order valence-corrected chi connectivity index (χ2v) is 4.18. The molecule has 0 fully saturated rings. The van der Waals surface area contributed by atoms with Gasteiger partial charge in [-0.05, 0) is 36.6 Å². The number of rotatable bonds is 2. The molecular formula is C14H13NO3. The molecule has 1 amide bonds. The number of ether oxygens (including phenoxy) is 1. The minimum atomic E-state index is -0.262. The van der Waals surface area contributed by atoms with Crippen molar-refractivity contribution in [3.8, 4) is 5.75 Å². The van der Waals surface area contributed by atoms with Gasteiger partial charge in [-0.25, -0.2) is 0 Å². The maximum Gasteiger partial charge on any atom is 0.291 e. The van der Waals surface area contributed by atoms with Gasteiger partial charge < -0.3 is 14.5 Å². The number of anilines is 1. The number of fused-ring (bicyclic) bond motifs is 1. The first-order valence-electron chi connectivity index (χ1n) is 5.94. The molecule has 92 valence electrons. The summed E-state index contributed by atoms with van der Waals surface area (Å²) in [6.07, 6.45) is 3.48. The van der Waals surface area contributed by atoms with Gasteiger partial charge in [0.1, 0.15) is 5.75 Å². The van der Waals surface area contributed by atoms with Gasteiger partial charge in [0.25, 0.3) is 5.91 Å². The van der Waals surface area contributed by atoms with Gasteiger partial charge in [0.2, 0.25) is 0 Å². The van der Waals surface area contributed by atoms with E-state index in [0.717, 1.165) is 24.2 Å². The molecule has 0 saturated carbocycles. The van der Waals surface area contributed by atoms with Crippen LogP contribution in [0.15, 0.2) is 41.0 Å². The summed E-state index contributed by atoms with van der Waals surface area (Å²) in [5, 5.41) is 2.81. The smallest absolute Gasteiger partial charge is 0.291 e. The molecule has 0 saturated heterocycles. The van der Waals surface area contributed by atoms with Crippen LogP contribution in [0.25, 0.3) is 0 Å². The van der Waals surface area contributed by atoms with E-state index in [4.69, 9.17) is 9.15 Å². The molecule has 2 aromatic rings. The van der Waals surface area contributed by atoms with Crippen molar-refractivity contribution in [1.82, 2.24) is 0 Å². The lowest BCUT2D eigenvalue weighted by atomic mass is 10.1. The van der Waals surface area contributed by atoms with E-state index in [2.05, 4.69) is 5.32 Å². The minimum Gasteiger partial charge on any atom is -0.491 e. The largest absolute Gasteiger partial charge is 0.491 e. The van der Waals surface area contributed by atoms with E-state index in [0.29, 0.717) is 18.1 Å². The summed E-state index contributed by atoms with van der Waals surface area (Å²) >= 11 is 0. The molecule has 0 atom stereocenters. The van der Waals surface area contributed by atoms with Crippen LogP contribution in [0.1, 0.15) is 22.5 Å². The monoisotopic (exact) mass is 243 g/mol. The van der Waals surface area contributed by atoms with Crippen molar-refractivity contribution in [2.45, 2.75) is 12.8 Å². The molecule has 1 N–H and O–H groups in total. The molecule has 1 aromatic carbocycles. The van der Waals surface area contributed by atoms with E-state index in [1.807, 2.05) is 18.2 Å². The number of para-hydroxylation sites is 1. The van der Waals surface area contributed by atoms with Crippen LogP contribution in [0.5, 0.6) is 5.75 Å². The summed E-state index contributed by atoms with van der Waals surface area (Å²) in [6.45, 7) is 0.695. The fourth-order valence-electron chi connectivity index (χ4n) is 2.08. The number of hydrogen-bond acceptors (Lipinski definition) is 3. The summed E-state index contributed by atoms with van der Waals surface area (Å²) in [4.78, 5) is 11.9.